The van der Waals surface area contributed by atoms with Gasteiger partial charge in [0, 0.05) is 5.41 Å². The Labute approximate surface area is 210 Å². The summed E-state index contributed by atoms with van der Waals surface area (Å²) in [5, 5.41) is 81.9. The molecule has 210 valence electrons. The van der Waals surface area contributed by atoms with E-state index in [0.29, 0.717) is 24.8 Å². The van der Waals surface area contributed by atoms with Gasteiger partial charge < -0.3 is 59.8 Å². The molecular weight excluding hydrogens is 480 g/mol. The number of ether oxygens (including phenoxy) is 4. The lowest BCUT2D eigenvalue weighted by molar-refractivity contribution is -0.318. The lowest BCUT2D eigenvalue weighted by Crippen LogP contribution is -2.60. The van der Waals surface area contributed by atoms with Crippen molar-refractivity contribution in [3.05, 3.63) is 11.6 Å². The van der Waals surface area contributed by atoms with Crippen LogP contribution in [-0.4, -0.2) is 127 Å². The molecule has 2 heterocycles. The van der Waals surface area contributed by atoms with Crippen molar-refractivity contribution in [1.29, 1.82) is 0 Å². The summed E-state index contributed by atoms with van der Waals surface area (Å²) in [6.45, 7) is 5.82. The normalized spacial score (nSPS) is 45.9. The van der Waals surface area contributed by atoms with Gasteiger partial charge in [0.15, 0.2) is 12.6 Å². The molecule has 0 radical (unpaired) electrons. The molecule has 3 aliphatic rings. The van der Waals surface area contributed by atoms with E-state index in [0.717, 1.165) is 0 Å². The highest BCUT2D eigenvalue weighted by Gasteiger charge is 2.51. The maximum absolute atomic E-state index is 11.4. The van der Waals surface area contributed by atoms with Crippen molar-refractivity contribution < 1.29 is 59.8 Å². The molecule has 12 nitrogen and oxygen atoms in total. The topological polar surface area (TPSA) is 199 Å². The molecular formula is C24H42O12. The molecule has 36 heavy (non-hydrogen) atoms. The highest BCUT2D eigenvalue weighted by molar-refractivity contribution is 5.25. The summed E-state index contributed by atoms with van der Waals surface area (Å²) in [6.07, 6.45) is -8.41. The standard InChI is InChI=1S/C24H42O12/c1-12-7-14(26)8-22(3,4)24(12,32)6-5-13(2)35-20-18(29)17(28)16(27)15(36-20)9-33-21-19(30)23(31,10-25)11-34-21/h7,13-21,25-32H,5-6,8-11H2,1-4H3/t13-,14-,15-,16-,17+,18-,19+,20+,21-,23-,24-/m1/s1. The third-order valence-electron chi connectivity index (χ3n) is 7.89. The van der Waals surface area contributed by atoms with Crippen LogP contribution in [0.2, 0.25) is 0 Å². The molecule has 2 aliphatic heterocycles. The van der Waals surface area contributed by atoms with Crippen LogP contribution in [-0.2, 0) is 18.9 Å². The highest BCUT2D eigenvalue weighted by Crippen LogP contribution is 2.47. The summed E-state index contributed by atoms with van der Waals surface area (Å²) in [6, 6.07) is 0. The van der Waals surface area contributed by atoms with Gasteiger partial charge in [0.05, 0.1) is 37.6 Å². The van der Waals surface area contributed by atoms with Crippen LogP contribution in [0.15, 0.2) is 11.6 Å². The van der Waals surface area contributed by atoms with Crippen LogP contribution in [0, 0.1) is 5.41 Å². The van der Waals surface area contributed by atoms with E-state index in [9.17, 15) is 40.9 Å². The Kier molecular flexibility index (Phi) is 9.25. The lowest BCUT2D eigenvalue weighted by atomic mass is 9.62. The Morgan fingerprint density at radius 1 is 1.06 bits per heavy atom. The second-order valence-electron chi connectivity index (χ2n) is 11.1. The molecule has 3 rings (SSSR count). The van der Waals surface area contributed by atoms with Gasteiger partial charge in [-0.3, -0.25) is 0 Å². The smallest absolute Gasteiger partial charge is 0.186 e. The largest absolute Gasteiger partial charge is 0.393 e. The molecule has 0 spiro atoms. The van der Waals surface area contributed by atoms with Gasteiger partial charge >= 0.3 is 0 Å². The first kappa shape index (κ1) is 29.8. The minimum absolute atomic E-state index is 0.321. The summed E-state index contributed by atoms with van der Waals surface area (Å²) in [5.74, 6) is 0. The second kappa shape index (κ2) is 11.2. The Hall–Kier alpha value is -0.740. The van der Waals surface area contributed by atoms with E-state index in [1.807, 2.05) is 13.8 Å². The van der Waals surface area contributed by atoms with Crippen molar-refractivity contribution in [3.8, 4) is 0 Å². The van der Waals surface area contributed by atoms with Crippen LogP contribution < -0.4 is 0 Å². The first-order valence-corrected chi connectivity index (χ1v) is 12.3. The van der Waals surface area contributed by atoms with Crippen molar-refractivity contribution in [2.75, 3.05) is 19.8 Å². The third-order valence-corrected chi connectivity index (χ3v) is 7.89. The first-order chi connectivity index (χ1) is 16.6. The van der Waals surface area contributed by atoms with Crippen molar-refractivity contribution in [3.63, 3.8) is 0 Å². The van der Waals surface area contributed by atoms with Crippen LogP contribution in [0.4, 0.5) is 0 Å². The molecule has 1 aliphatic carbocycles. The van der Waals surface area contributed by atoms with Gasteiger partial charge in [-0.15, -0.1) is 0 Å². The molecule has 0 saturated carbocycles. The van der Waals surface area contributed by atoms with Crippen molar-refractivity contribution in [2.24, 2.45) is 5.41 Å². The van der Waals surface area contributed by atoms with E-state index in [-0.39, 0.29) is 13.2 Å². The van der Waals surface area contributed by atoms with Crippen molar-refractivity contribution in [2.45, 2.75) is 113 Å². The molecule has 2 fully saturated rings. The van der Waals surface area contributed by atoms with Gasteiger partial charge in [0.2, 0.25) is 0 Å². The fourth-order valence-electron chi connectivity index (χ4n) is 5.25. The zero-order valence-electron chi connectivity index (χ0n) is 21.2. The predicted octanol–water partition coefficient (Wildman–Crippen LogP) is -2.10. The van der Waals surface area contributed by atoms with Crippen molar-refractivity contribution >= 4 is 0 Å². The minimum atomic E-state index is -1.88. The van der Waals surface area contributed by atoms with Crippen LogP contribution in [0.3, 0.4) is 0 Å². The molecule has 0 bridgehead atoms. The maximum atomic E-state index is 11.4. The minimum Gasteiger partial charge on any atom is -0.393 e. The molecule has 11 atom stereocenters. The monoisotopic (exact) mass is 522 g/mol. The Morgan fingerprint density at radius 2 is 1.72 bits per heavy atom. The van der Waals surface area contributed by atoms with E-state index < -0.39 is 78.5 Å². The van der Waals surface area contributed by atoms with Crippen LogP contribution in [0.5, 0.6) is 0 Å². The molecule has 8 N–H and O–H groups in total. The summed E-state index contributed by atoms with van der Waals surface area (Å²) < 4.78 is 22.0. The Bertz CT molecular complexity index is 776. The maximum Gasteiger partial charge on any atom is 0.186 e. The van der Waals surface area contributed by atoms with E-state index in [1.54, 1.807) is 19.9 Å². The van der Waals surface area contributed by atoms with Gasteiger partial charge in [-0.1, -0.05) is 19.9 Å². The zero-order valence-corrected chi connectivity index (χ0v) is 21.2. The Morgan fingerprint density at radius 3 is 2.31 bits per heavy atom. The summed E-state index contributed by atoms with van der Waals surface area (Å²) in [5.41, 5.74) is -2.95. The molecule has 12 heteroatoms. The predicted molar refractivity (Wildman–Crippen MR) is 123 cm³/mol. The van der Waals surface area contributed by atoms with E-state index in [4.69, 9.17) is 18.9 Å². The molecule has 0 aromatic carbocycles. The molecule has 0 aromatic heterocycles. The van der Waals surface area contributed by atoms with Gasteiger partial charge in [0.1, 0.15) is 36.1 Å². The summed E-state index contributed by atoms with van der Waals surface area (Å²) in [4.78, 5) is 0. The molecule has 2 saturated heterocycles. The quantitative estimate of drug-likeness (QED) is 0.154. The molecule has 0 aromatic rings. The van der Waals surface area contributed by atoms with Gasteiger partial charge in [-0.2, -0.15) is 0 Å². The fraction of sp³-hybridized carbons (Fsp3) is 0.917. The average Bonchev–Trinajstić information content (AvgIpc) is 3.09. The molecule has 0 amide bonds. The van der Waals surface area contributed by atoms with E-state index in [2.05, 4.69) is 0 Å². The fourth-order valence-corrected chi connectivity index (χ4v) is 5.25. The van der Waals surface area contributed by atoms with Gasteiger partial charge in [0.25, 0.3) is 0 Å². The second-order valence-corrected chi connectivity index (χ2v) is 11.1. The van der Waals surface area contributed by atoms with Gasteiger partial charge in [-0.25, -0.2) is 0 Å². The van der Waals surface area contributed by atoms with Crippen molar-refractivity contribution in [1.82, 2.24) is 0 Å². The Balaban J connectivity index is 1.58. The number of aliphatic hydroxyl groups excluding tert-OH is 6. The number of rotatable bonds is 9. The first-order valence-electron chi connectivity index (χ1n) is 12.3. The van der Waals surface area contributed by atoms with Crippen LogP contribution in [0.1, 0.15) is 47.0 Å². The highest BCUT2D eigenvalue weighted by atomic mass is 16.7. The van der Waals surface area contributed by atoms with Crippen LogP contribution in [0.25, 0.3) is 0 Å². The van der Waals surface area contributed by atoms with E-state index in [1.165, 1.54) is 0 Å². The lowest BCUT2D eigenvalue weighted by Gasteiger charge is -2.48. The molecule has 0 unspecified atom stereocenters. The van der Waals surface area contributed by atoms with Gasteiger partial charge in [-0.05, 0) is 38.7 Å². The third kappa shape index (κ3) is 5.80. The number of aliphatic hydroxyl groups is 8. The number of hydrogen-bond acceptors (Lipinski definition) is 12. The van der Waals surface area contributed by atoms with Crippen LogP contribution >= 0.6 is 0 Å². The SMILES string of the molecule is CC1=C[C@@H](O)CC(C)(C)[C@@]1(O)CC[C@@H](C)O[C@H]1O[C@H](CO[C@@H]2OC[C@](O)(CO)[C@H]2O)[C@@H](O)[C@H](O)[C@H]1O. The zero-order chi connectivity index (χ0) is 27.1. The summed E-state index contributed by atoms with van der Waals surface area (Å²) >= 11 is 0. The summed E-state index contributed by atoms with van der Waals surface area (Å²) in [7, 11) is 0. The average molecular weight is 523 g/mol. The number of hydrogen-bond donors (Lipinski definition) is 8. The van der Waals surface area contributed by atoms with E-state index >= 15 is 0 Å².